The Morgan fingerprint density at radius 1 is 1.00 bits per heavy atom. The van der Waals surface area contributed by atoms with Gasteiger partial charge in [0.25, 0.3) is 11.8 Å². The van der Waals surface area contributed by atoms with Crippen LogP contribution in [0.2, 0.25) is 10.0 Å². The van der Waals surface area contributed by atoms with Crippen molar-refractivity contribution in [2.75, 3.05) is 12.4 Å². The highest BCUT2D eigenvalue weighted by Crippen LogP contribution is 2.34. The van der Waals surface area contributed by atoms with E-state index in [1.165, 1.54) is 31.5 Å². The van der Waals surface area contributed by atoms with Crippen LogP contribution in [0.5, 0.6) is 11.5 Å². The number of halogens is 2. The fraction of sp³-hybridized carbons (Fsp3) is 0.0455. The van der Waals surface area contributed by atoms with Gasteiger partial charge in [-0.25, -0.2) is 5.43 Å². The summed E-state index contributed by atoms with van der Waals surface area (Å²) < 4.78 is 5.02. The SMILES string of the molecule is COc1cc(/C=N/NC(=O)c2cccc(NC(=O)c3ccccc3Cl)c2)cc(Cl)c1O. The van der Waals surface area contributed by atoms with Gasteiger partial charge in [-0.05, 0) is 48.0 Å². The first-order valence-corrected chi connectivity index (χ1v) is 9.70. The lowest BCUT2D eigenvalue weighted by atomic mass is 10.1. The third-order valence-corrected chi connectivity index (χ3v) is 4.77. The number of hydrogen-bond acceptors (Lipinski definition) is 5. The van der Waals surface area contributed by atoms with E-state index in [1.807, 2.05) is 0 Å². The molecule has 158 valence electrons. The Hall–Kier alpha value is -3.55. The van der Waals surface area contributed by atoms with Gasteiger partial charge < -0.3 is 15.2 Å². The first kappa shape index (κ1) is 22.1. The molecular formula is C22H17Cl2N3O4. The van der Waals surface area contributed by atoms with E-state index < -0.39 is 5.91 Å². The Bertz CT molecular complexity index is 1170. The predicted molar refractivity (Wildman–Crippen MR) is 121 cm³/mol. The lowest BCUT2D eigenvalue weighted by molar-refractivity contribution is 0.0953. The number of carbonyl (C=O) groups excluding carboxylic acids is 2. The number of phenols is 1. The molecule has 0 aromatic heterocycles. The van der Waals surface area contributed by atoms with Crippen molar-refractivity contribution in [1.29, 1.82) is 0 Å². The maximum Gasteiger partial charge on any atom is 0.271 e. The number of hydrogen-bond donors (Lipinski definition) is 3. The second kappa shape index (κ2) is 9.97. The molecule has 2 amide bonds. The van der Waals surface area contributed by atoms with Crippen LogP contribution in [-0.4, -0.2) is 30.2 Å². The molecule has 7 nitrogen and oxygen atoms in total. The Labute approximate surface area is 188 Å². The molecule has 31 heavy (non-hydrogen) atoms. The van der Waals surface area contributed by atoms with E-state index in [2.05, 4.69) is 15.8 Å². The first-order chi connectivity index (χ1) is 14.9. The Morgan fingerprint density at radius 3 is 2.52 bits per heavy atom. The number of phenolic OH excluding ortho intramolecular Hbond substituents is 1. The molecule has 0 fully saturated rings. The fourth-order valence-electron chi connectivity index (χ4n) is 2.64. The molecule has 0 bridgehead atoms. The van der Waals surface area contributed by atoms with Gasteiger partial charge in [-0.15, -0.1) is 0 Å². The molecule has 0 aliphatic rings. The minimum Gasteiger partial charge on any atom is -0.503 e. The van der Waals surface area contributed by atoms with E-state index >= 15 is 0 Å². The zero-order valence-corrected chi connectivity index (χ0v) is 17.7. The van der Waals surface area contributed by atoms with Gasteiger partial charge in [-0.3, -0.25) is 9.59 Å². The van der Waals surface area contributed by atoms with Crippen molar-refractivity contribution in [3.05, 3.63) is 87.4 Å². The van der Waals surface area contributed by atoms with E-state index in [0.29, 0.717) is 21.8 Å². The molecule has 0 radical (unpaired) electrons. The summed E-state index contributed by atoms with van der Waals surface area (Å²) in [6.07, 6.45) is 1.36. The summed E-state index contributed by atoms with van der Waals surface area (Å²) in [4.78, 5) is 24.8. The van der Waals surface area contributed by atoms with Gasteiger partial charge >= 0.3 is 0 Å². The van der Waals surface area contributed by atoms with Gasteiger partial charge in [0.2, 0.25) is 0 Å². The quantitative estimate of drug-likeness (QED) is 0.368. The second-order valence-corrected chi connectivity index (χ2v) is 7.08. The maximum atomic E-state index is 12.4. The summed E-state index contributed by atoms with van der Waals surface area (Å²) in [5.74, 6) is -0.871. The first-order valence-electron chi connectivity index (χ1n) is 8.95. The van der Waals surface area contributed by atoms with Crippen molar-refractivity contribution in [3.8, 4) is 11.5 Å². The second-order valence-electron chi connectivity index (χ2n) is 6.27. The zero-order chi connectivity index (χ0) is 22.4. The van der Waals surface area contributed by atoms with Crippen molar-refractivity contribution >= 4 is 46.9 Å². The Kier molecular flexibility index (Phi) is 7.12. The van der Waals surface area contributed by atoms with Gasteiger partial charge in [-0.1, -0.05) is 41.4 Å². The Balaban J connectivity index is 1.68. The molecule has 0 saturated heterocycles. The fourth-order valence-corrected chi connectivity index (χ4v) is 3.08. The highest BCUT2D eigenvalue weighted by atomic mass is 35.5. The molecule has 0 saturated carbocycles. The normalized spacial score (nSPS) is 10.7. The van der Waals surface area contributed by atoms with Crippen LogP contribution >= 0.6 is 23.2 Å². The highest BCUT2D eigenvalue weighted by Gasteiger charge is 2.12. The molecule has 0 spiro atoms. The number of benzene rings is 3. The average Bonchev–Trinajstić information content (AvgIpc) is 2.76. The van der Waals surface area contributed by atoms with Gasteiger partial charge in [0, 0.05) is 11.3 Å². The lowest BCUT2D eigenvalue weighted by Crippen LogP contribution is -2.18. The number of nitrogens with one attached hydrogen (secondary N) is 2. The van der Waals surface area contributed by atoms with Crippen molar-refractivity contribution in [2.45, 2.75) is 0 Å². The van der Waals surface area contributed by atoms with E-state index in [1.54, 1.807) is 42.5 Å². The van der Waals surface area contributed by atoms with Crippen LogP contribution in [0, 0.1) is 0 Å². The molecule has 3 aromatic rings. The summed E-state index contributed by atoms with van der Waals surface area (Å²) in [7, 11) is 1.39. The molecule has 0 aliphatic carbocycles. The molecule has 0 aliphatic heterocycles. The summed E-state index contributed by atoms with van der Waals surface area (Å²) >= 11 is 12.0. The van der Waals surface area contributed by atoms with Gasteiger partial charge in [0.15, 0.2) is 11.5 Å². The monoisotopic (exact) mass is 457 g/mol. The van der Waals surface area contributed by atoms with Crippen LogP contribution in [0.4, 0.5) is 5.69 Å². The van der Waals surface area contributed by atoms with Crippen molar-refractivity contribution in [1.82, 2.24) is 5.43 Å². The zero-order valence-electron chi connectivity index (χ0n) is 16.2. The minimum absolute atomic E-state index is 0.0917. The summed E-state index contributed by atoms with van der Waals surface area (Å²) in [5, 5.41) is 16.8. The standard InChI is InChI=1S/C22H17Cl2N3O4/c1-31-19-10-13(9-18(24)20(19)28)12-25-27-21(29)14-5-4-6-15(11-14)26-22(30)16-7-2-3-8-17(16)23/h2-12,28H,1H3,(H,26,30)(H,27,29)/b25-12+. The van der Waals surface area contributed by atoms with Gasteiger partial charge in [0.1, 0.15) is 0 Å². The maximum absolute atomic E-state index is 12.4. The lowest BCUT2D eigenvalue weighted by Gasteiger charge is -2.08. The summed E-state index contributed by atoms with van der Waals surface area (Å²) in [6.45, 7) is 0. The summed E-state index contributed by atoms with van der Waals surface area (Å²) in [6, 6.07) is 16.0. The number of amides is 2. The molecule has 3 aromatic carbocycles. The van der Waals surface area contributed by atoms with E-state index in [9.17, 15) is 14.7 Å². The molecule has 0 heterocycles. The van der Waals surface area contributed by atoms with Crippen LogP contribution in [0.15, 0.2) is 65.8 Å². The number of carbonyl (C=O) groups is 2. The molecule has 9 heteroatoms. The molecule has 3 rings (SSSR count). The number of methoxy groups -OCH3 is 1. The largest absolute Gasteiger partial charge is 0.503 e. The van der Waals surface area contributed by atoms with E-state index in [-0.39, 0.29) is 28.0 Å². The highest BCUT2D eigenvalue weighted by molar-refractivity contribution is 6.34. The minimum atomic E-state index is -0.484. The predicted octanol–water partition coefficient (Wildman–Crippen LogP) is 4.72. The van der Waals surface area contributed by atoms with Crippen LogP contribution in [-0.2, 0) is 0 Å². The number of aromatic hydroxyl groups is 1. The van der Waals surface area contributed by atoms with Crippen LogP contribution in [0.25, 0.3) is 0 Å². The molecular weight excluding hydrogens is 441 g/mol. The summed E-state index contributed by atoms with van der Waals surface area (Å²) in [5.41, 5.74) is 3.95. The number of ether oxygens (including phenoxy) is 1. The topological polar surface area (TPSA) is 100 Å². The number of hydrazone groups is 1. The van der Waals surface area contributed by atoms with Gasteiger partial charge in [-0.2, -0.15) is 5.10 Å². The average molecular weight is 458 g/mol. The van der Waals surface area contributed by atoms with E-state index in [0.717, 1.165) is 0 Å². The molecule has 3 N–H and O–H groups in total. The van der Waals surface area contributed by atoms with Crippen molar-refractivity contribution < 1.29 is 19.4 Å². The third-order valence-electron chi connectivity index (χ3n) is 4.15. The Morgan fingerprint density at radius 2 is 1.77 bits per heavy atom. The molecule has 0 atom stereocenters. The van der Waals surface area contributed by atoms with Gasteiger partial charge in [0.05, 0.1) is 28.9 Å². The number of anilines is 1. The molecule has 0 unspecified atom stereocenters. The van der Waals surface area contributed by atoms with Crippen LogP contribution in [0.1, 0.15) is 26.3 Å². The number of nitrogens with zero attached hydrogens (tertiary/aromatic N) is 1. The van der Waals surface area contributed by atoms with Crippen molar-refractivity contribution in [3.63, 3.8) is 0 Å². The number of rotatable bonds is 6. The van der Waals surface area contributed by atoms with Crippen molar-refractivity contribution in [2.24, 2.45) is 5.10 Å². The smallest absolute Gasteiger partial charge is 0.271 e. The third kappa shape index (κ3) is 5.53. The van der Waals surface area contributed by atoms with Crippen LogP contribution in [0.3, 0.4) is 0 Å². The van der Waals surface area contributed by atoms with Crippen LogP contribution < -0.4 is 15.5 Å². The van der Waals surface area contributed by atoms with E-state index in [4.69, 9.17) is 27.9 Å².